The van der Waals surface area contributed by atoms with Crippen molar-refractivity contribution < 1.29 is 12.8 Å². The van der Waals surface area contributed by atoms with Crippen molar-refractivity contribution in [2.45, 2.75) is 4.90 Å². The Morgan fingerprint density at radius 3 is 2.71 bits per heavy atom. The first kappa shape index (κ1) is 11.2. The molecule has 0 atom stereocenters. The molecule has 1 heterocycles. The van der Waals surface area contributed by atoms with Crippen molar-refractivity contribution in [1.29, 1.82) is 0 Å². The number of nitrogens with one attached hydrogen (secondary N) is 1. The van der Waals surface area contributed by atoms with Gasteiger partial charge in [-0.1, -0.05) is 0 Å². The number of nitrogens with zero attached hydrogens (tertiary/aromatic N) is 1. The molecule has 17 heavy (non-hydrogen) atoms. The largest absolute Gasteiger partial charge is 0.417 e. The Labute approximate surface area is 95.0 Å². The van der Waals surface area contributed by atoms with Crippen molar-refractivity contribution in [3.63, 3.8) is 0 Å². The predicted molar refractivity (Wildman–Crippen MR) is 59.8 cm³/mol. The van der Waals surface area contributed by atoms with Crippen LogP contribution in [0.25, 0.3) is 11.1 Å². The van der Waals surface area contributed by atoms with Gasteiger partial charge in [-0.3, -0.25) is 4.98 Å². The quantitative estimate of drug-likeness (QED) is 0.468. The van der Waals surface area contributed by atoms with E-state index < -0.39 is 21.7 Å². The average molecular weight is 256 g/mol. The first-order valence-electron chi connectivity index (χ1n) is 4.37. The summed E-state index contributed by atoms with van der Waals surface area (Å²) >= 11 is 0. The fourth-order valence-corrected chi connectivity index (χ4v) is 2.16. The molecular formula is C8H8N4O4S. The molecule has 0 bridgehead atoms. The van der Waals surface area contributed by atoms with Gasteiger partial charge in [0.1, 0.15) is 0 Å². The van der Waals surface area contributed by atoms with Crippen molar-refractivity contribution in [3.8, 4) is 0 Å². The van der Waals surface area contributed by atoms with Gasteiger partial charge < -0.3 is 15.9 Å². The Hall–Kier alpha value is -2.29. The van der Waals surface area contributed by atoms with Gasteiger partial charge in [-0.2, -0.15) is 8.42 Å². The smallest absolute Gasteiger partial charge is 0.408 e. The van der Waals surface area contributed by atoms with Crippen LogP contribution in [0.15, 0.2) is 36.7 Å². The van der Waals surface area contributed by atoms with Gasteiger partial charge in [-0.25, -0.2) is 4.79 Å². The number of oxazole rings is 1. The number of fused-ring (bicyclic) bond motifs is 1. The van der Waals surface area contributed by atoms with Gasteiger partial charge in [0.15, 0.2) is 5.58 Å². The zero-order chi connectivity index (χ0) is 12.6. The summed E-state index contributed by atoms with van der Waals surface area (Å²) in [6, 6.07) is 3.81. The summed E-state index contributed by atoms with van der Waals surface area (Å²) in [4.78, 5) is 13.1. The van der Waals surface area contributed by atoms with E-state index in [-0.39, 0.29) is 10.5 Å². The number of aromatic amines is 1. The third-order valence-corrected chi connectivity index (χ3v) is 3.22. The molecule has 0 aliphatic carbocycles. The highest BCUT2D eigenvalue weighted by Gasteiger charge is 2.15. The second-order valence-corrected chi connectivity index (χ2v) is 4.77. The van der Waals surface area contributed by atoms with Crippen LogP contribution in [-0.4, -0.2) is 19.4 Å². The van der Waals surface area contributed by atoms with Crippen molar-refractivity contribution in [2.75, 3.05) is 0 Å². The lowest BCUT2D eigenvalue weighted by Crippen LogP contribution is -2.24. The molecule has 1 aromatic heterocycles. The Balaban J connectivity index is 2.64. The molecular weight excluding hydrogens is 248 g/mol. The highest BCUT2D eigenvalue weighted by molar-refractivity contribution is 7.90. The summed E-state index contributed by atoms with van der Waals surface area (Å²) in [6.07, 6.45) is 0. The molecule has 9 heteroatoms. The van der Waals surface area contributed by atoms with Crippen LogP contribution >= 0.6 is 0 Å². The minimum Gasteiger partial charge on any atom is -0.408 e. The minimum absolute atomic E-state index is 0.113. The molecule has 0 spiro atoms. The van der Waals surface area contributed by atoms with Crippen molar-refractivity contribution >= 4 is 27.1 Å². The number of sulfonamides is 1. The molecule has 0 aliphatic rings. The van der Waals surface area contributed by atoms with E-state index in [9.17, 15) is 13.2 Å². The number of rotatable bonds is 2. The van der Waals surface area contributed by atoms with Crippen LogP contribution in [0.2, 0.25) is 0 Å². The molecule has 8 nitrogen and oxygen atoms in total. The van der Waals surface area contributed by atoms with E-state index in [4.69, 9.17) is 15.9 Å². The number of aromatic nitrogens is 1. The summed E-state index contributed by atoms with van der Waals surface area (Å²) in [5.74, 6) is -1.24. The Morgan fingerprint density at radius 2 is 2.06 bits per heavy atom. The molecule has 0 radical (unpaired) electrons. The van der Waals surface area contributed by atoms with Crippen LogP contribution in [0.4, 0.5) is 0 Å². The lowest BCUT2D eigenvalue weighted by Gasteiger charge is -1.98. The molecule has 0 amide bonds. The summed E-state index contributed by atoms with van der Waals surface area (Å²) in [6.45, 7) is 0. The van der Waals surface area contributed by atoms with Crippen LogP contribution in [0, 0.1) is 0 Å². The molecule has 0 saturated carbocycles. The first-order valence-corrected chi connectivity index (χ1v) is 5.81. The van der Waals surface area contributed by atoms with Gasteiger partial charge >= 0.3 is 5.76 Å². The zero-order valence-electron chi connectivity index (χ0n) is 8.38. The van der Waals surface area contributed by atoms with Crippen molar-refractivity contribution in [2.24, 2.45) is 15.9 Å². The fourth-order valence-electron chi connectivity index (χ4n) is 1.28. The second kappa shape index (κ2) is 3.63. The Bertz CT molecular complexity index is 751. The number of nitrogens with two attached hydrogens (primary N) is 2. The average Bonchev–Trinajstić information content (AvgIpc) is 2.54. The summed E-state index contributed by atoms with van der Waals surface area (Å²) in [5, 5.41) is 0. The molecule has 90 valence electrons. The van der Waals surface area contributed by atoms with E-state index in [1.807, 2.05) is 0 Å². The SMILES string of the molecule is NC(N)=NS(=O)(=O)c1ccc2[nH]c(=O)oc2c1. The predicted octanol–water partition coefficient (Wildman–Crippen LogP) is -0.917. The summed E-state index contributed by atoms with van der Waals surface area (Å²) in [5.41, 5.74) is 10.5. The van der Waals surface area contributed by atoms with Gasteiger partial charge in [0.2, 0.25) is 5.96 Å². The molecule has 0 fully saturated rings. The van der Waals surface area contributed by atoms with Crippen LogP contribution in [-0.2, 0) is 10.0 Å². The van der Waals surface area contributed by atoms with Crippen LogP contribution in [0.3, 0.4) is 0 Å². The van der Waals surface area contributed by atoms with E-state index >= 15 is 0 Å². The van der Waals surface area contributed by atoms with Crippen molar-refractivity contribution in [1.82, 2.24) is 4.98 Å². The van der Waals surface area contributed by atoms with Crippen LogP contribution in [0.5, 0.6) is 0 Å². The van der Waals surface area contributed by atoms with Gasteiger partial charge in [-0.15, -0.1) is 4.40 Å². The van der Waals surface area contributed by atoms with E-state index in [1.54, 1.807) is 0 Å². The zero-order valence-corrected chi connectivity index (χ0v) is 9.19. The molecule has 2 aromatic rings. The molecule has 5 N–H and O–H groups in total. The van der Waals surface area contributed by atoms with E-state index in [1.165, 1.54) is 12.1 Å². The van der Waals surface area contributed by atoms with E-state index in [0.29, 0.717) is 5.52 Å². The highest BCUT2D eigenvalue weighted by Crippen LogP contribution is 2.18. The monoisotopic (exact) mass is 256 g/mol. The summed E-state index contributed by atoms with van der Waals surface area (Å²) < 4.78 is 31.1. The number of benzene rings is 1. The molecule has 0 aliphatic heterocycles. The molecule has 0 unspecified atom stereocenters. The Morgan fingerprint density at radius 1 is 1.35 bits per heavy atom. The third-order valence-electron chi connectivity index (χ3n) is 1.92. The maximum Gasteiger partial charge on any atom is 0.417 e. The van der Waals surface area contributed by atoms with Crippen molar-refractivity contribution in [3.05, 3.63) is 28.7 Å². The molecule has 0 saturated heterocycles. The number of hydrogen-bond acceptors (Lipinski definition) is 4. The topological polar surface area (TPSA) is 145 Å². The lowest BCUT2D eigenvalue weighted by atomic mass is 10.3. The third kappa shape index (κ3) is 2.13. The van der Waals surface area contributed by atoms with Crippen LogP contribution < -0.4 is 17.2 Å². The van der Waals surface area contributed by atoms with E-state index in [2.05, 4.69) is 9.38 Å². The number of hydrogen-bond donors (Lipinski definition) is 3. The second-order valence-electron chi connectivity index (χ2n) is 3.16. The fraction of sp³-hybridized carbons (Fsp3) is 0. The Kier molecular flexibility index (Phi) is 2.39. The van der Waals surface area contributed by atoms with Gasteiger partial charge in [0.25, 0.3) is 10.0 Å². The normalized spacial score (nSPS) is 11.5. The minimum atomic E-state index is -3.98. The maximum absolute atomic E-state index is 11.6. The standard InChI is InChI=1S/C8H8N4O4S/c9-7(10)12-17(14,15)4-1-2-5-6(3-4)16-8(13)11-5/h1-3H,(H,11,13)(H4,9,10,12). The van der Waals surface area contributed by atoms with Crippen LogP contribution in [0.1, 0.15) is 0 Å². The number of H-pyrrole nitrogens is 1. The lowest BCUT2D eigenvalue weighted by molar-refractivity contribution is 0.554. The van der Waals surface area contributed by atoms with Gasteiger partial charge in [0.05, 0.1) is 10.4 Å². The van der Waals surface area contributed by atoms with Gasteiger partial charge in [0, 0.05) is 6.07 Å². The maximum atomic E-state index is 11.6. The molecule has 2 rings (SSSR count). The molecule has 1 aromatic carbocycles. The highest BCUT2D eigenvalue weighted by atomic mass is 32.2. The van der Waals surface area contributed by atoms with E-state index in [0.717, 1.165) is 6.07 Å². The van der Waals surface area contributed by atoms with Gasteiger partial charge in [-0.05, 0) is 12.1 Å². The summed E-state index contributed by atoms with van der Waals surface area (Å²) in [7, 11) is -3.98. The first-order chi connectivity index (χ1) is 7.88. The number of guanidine groups is 1.